The minimum absolute atomic E-state index is 0.0296. The topological polar surface area (TPSA) is 84.4 Å². The largest absolute Gasteiger partial charge is 0.255 e. The Hall–Kier alpha value is 0.130. The number of thioether (sulfide) groups is 1. The molecule has 19 heavy (non-hydrogen) atoms. The average molecular weight is 363 g/mol. The van der Waals surface area contributed by atoms with Crippen LogP contribution in [0.5, 0.6) is 0 Å². The maximum Gasteiger partial charge on any atom is 0.255 e. The zero-order valence-electron chi connectivity index (χ0n) is 9.81. The molecule has 1 saturated heterocycles. The molecule has 0 amide bonds. The third-order valence-corrected chi connectivity index (χ3v) is 8.79. The monoisotopic (exact) mass is 362 g/mol. The van der Waals surface area contributed by atoms with Gasteiger partial charge in [-0.15, -0.1) is 0 Å². The molecule has 2 heterocycles. The molecular weight excluding hydrogens is 352 g/mol. The normalized spacial score (nSPS) is 22.5. The van der Waals surface area contributed by atoms with Crippen LogP contribution in [0.4, 0.5) is 0 Å². The van der Waals surface area contributed by atoms with Gasteiger partial charge in [0.15, 0.2) is 18.5 Å². The number of nitrogens with zero attached hydrogens (tertiary/aromatic N) is 2. The Morgan fingerprint density at radius 1 is 1.42 bits per heavy atom. The van der Waals surface area contributed by atoms with Gasteiger partial charge in [-0.3, -0.25) is 0 Å². The molecule has 0 N–H and O–H groups in total. The molecule has 0 aliphatic carbocycles. The molecule has 0 spiro atoms. The molecule has 0 saturated carbocycles. The molecule has 0 radical (unpaired) electrons. The van der Waals surface area contributed by atoms with E-state index in [0.717, 1.165) is 28.1 Å². The van der Waals surface area contributed by atoms with Crippen LogP contribution in [0.15, 0.2) is 10.4 Å². The molecule has 1 aromatic heterocycles. The van der Waals surface area contributed by atoms with Gasteiger partial charge in [0.2, 0.25) is 0 Å². The van der Waals surface area contributed by atoms with Crippen molar-refractivity contribution in [2.75, 3.05) is 24.3 Å². The summed E-state index contributed by atoms with van der Waals surface area (Å²) >= 11 is 7.88. The van der Waals surface area contributed by atoms with Crippen LogP contribution in [0.3, 0.4) is 0 Å². The van der Waals surface area contributed by atoms with Crippen LogP contribution >= 0.6 is 34.7 Å². The fraction of sp³-hybridized carbons (Fsp3) is 0.625. The van der Waals surface area contributed by atoms with E-state index in [1.54, 1.807) is 0 Å². The van der Waals surface area contributed by atoms with Crippen molar-refractivity contribution in [1.29, 1.82) is 0 Å². The minimum Gasteiger partial charge on any atom is -0.232 e. The molecule has 0 bridgehead atoms. The lowest BCUT2D eigenvalue weighted by atomic mass is 10.6. The van der Waals surface area contributed by atoms with Gasteiger partial charge in [0, 0.05) is 24.3 Å². The van der Waals surface area contributed by atoms with Crippen LogP contribution in [0.1, 0.15) is 0 Å². The van der Waals surface area contributed by atoms with Crippen molar-refractivity contribution >= 4 is 54.6 Å². The van der Waals surface area contributed by atoms with E-state index < -0.39 is 25.2 Å². The molecule has 108 valence electrons. The van der Waals surface area contributed by atoms with Gasteiger partial charge in [-0.1, -0.05) is 22.9 Å². The Kier molecular flexibility index (Phi) is 4.48. The standard InChI is InChI=1S/C8H11ClN2O4S4/c1-18(12,13)6-5-16-3-2-11(6)19(14,15)7-4-10-8(9)17-7/h4,6H,2-3,5H2,1H3. The van der Waals surface area contributed by atoms with Gasteiger partial charge in [0.05, 0.1) is 6.20 Å². The number of sulfone groups is 1. The molecule has 0 aromatic carbocycles. The van der Waals surface area contributed by atoms with Crippen molar-refractivity contribution in [3.8, 4) is 0 Å². The van der Waals surface area contributed by atoms with Crippen LogP contribution in [-0.4, -0.2) is 55.8 Å². The van der Waals surface area contributed by atoms with Crippen molar-refractivity contribution < 1.29 is 16.8 Å². The number of sulfonamides is 1. The molecule has 6 nitrogen and oxygen atoms in total. The van der Waals surface area contributed by atoms with E-state index in [1.165, 1.54) is 11.8 Å². The van der Waals surface area contributed by atoms with E-state index in [4.69, 9.17) is 11.6 Å². The molecule has 2 rings (SSSR count). The van der Waals surface area contributed by atoms with Crippen molar-refractivity contribution in [3.63, 3.8) is 0 Å². The van der Waals surface area contributed by atoms with Gasteiger partial charge in [-0.05, 0) is 0 Å². The van der Waals surface area contributed by atoms with E-state index in [2.05, 4.69) is 4.98 Å². The maximum absolute atomic E-state index is 12.4. The number of rotatable bonds is 3. The van der Waals surface area contributed by atoms with Crippen LogP contribution < -0.4 is 0 Å². The van der Waals surface area contributed by atoms with E-state index in [0.29, 0.717) is 5.75 Å². The number of hydrogen-bond acceptors (Lipinski definition) is 7. The maximum atomic E-state index is 12.4. The average Bonchev–Trinajstić information content (AvgIpc) is 2.75. The first-order valence-corrected chi connectivity index (χ1v) is 10.9. The molecule has 1 aromatic rings. The van der Waals surface area contributed by atoms with Crippen molar-refractivity contribution in [3.05, 3.63) is 10.7 Å². The number of thiazole rings is 1. The third-order valence-electron chi connectivity index (χ3n) is 2.55. The van der Waals surface area contributed by atoms with Crippen LogP contribution in [-0.2, 0) is 19.9 Å². The molecule has 1 aliphatic rings. The Morgan fingerprint density at radius 2 is 2.11 bits per heavy atom. The molecule has 1 fully saturated rings. The first kappa shape index (κ1) is 15.5. The first-order valence-electron chi connectivity index (χ1n) is 5.13. The zero-order chi connectivity index (χ0) is 14.3. The summed E-state index contributed by atoms with van der Waals surface area (Å²) in [5.41, 5.74) is 0. The van der Waals surface area contributed by atoms with Crippen LogP contribution in [0, 0.1) is 0 Å². The summed E-state index contributed by atoms with van der Waals surface area (Å²) in [7, 11) is -7.34. The van der Waals surface area contributed by atoms with Gasteiger partial charge in [-0.2, -0.15) is 16.1 Å². The predicted octanol–water partition coefficient (Wildman–Crippen LogP) is 0.905. The Balaban J connectivity index is 2.43. The number of hydrogen-bond donors (Lipinski definition) is 0. The SMILES string of the molecule is CS(=O)(=O)C1CSCCN1S(=O)(=O)c1cnc(Cl)s1. The fourth-order valence-corrected chi connectivity index (χ4v) is 8.25. The van der Waals surface area contributed by atoms with Crippen molar-refractivity contribution in [1.82, 2.24) is 9.29 Å². The summed E-state index contributed by atoms with van der Waals surface area (Å²) in [5, 5.41) is -1.03. The van der Waals surface area contributed by atoms with Crippen molar-refractivity contribution in [2.45, 2.75) is 9.58 Å². The lowest BCUT2D eigenvalue weighted by Crippen LogP contribution is -2.49. The Morgan fingerprint density at radius 3 is 2.63 bits per heavy atom. The minimum atomic E-state index is -3.86. The predicted molar refractivity (Wildman–Crippen MR) is 77.0 cm³/mol. The highest BCUT2D eigenvalue weighted by Crippen LogP contribution is 2.30. The highest BCUT2D eigenvalue weighted by molar-refractivity contribution is 8.01. The highest BCUT2D eigenvalue weighted by Gasteiger charge is 2.40. The van der Waals surface area contributed by atoms with Crippen molar-refractivity contribution in [2.24, 2.45) is 0 Å². The number of halogens is 1. The van der Waals surface area contributed by atoms with E-state index in [-0.39, 0.29) is 21.0 Å². The van der Waals surface area contributed by atoms with Crippen LogP contribution in [0.2, 0.25) is 4.47 Å². The van der Waals surface area contributed by atoms with Gasteiger partial charge >= 0.3 is 0 Å². The Bertz CT molecular complexity index is 669. The molecule has 1 unspecified atom stereocenters. The van der Waals surface area contributed by atoms with Gasteiger partial charge in [0.1, 0.15) is 5.37 Å². The van der Waals surface area contributed by atoms with Crippen LogP contribution in [0.25, 0.3) is 0 Å². The Labute approximate surface area is 125 Å². The summed E-state index contributed by atoms with van der Waals surface area (Å²) in [6.07, 6.45) is 2.20. The first-order chi connectivity index (χ1) is 8.73. The third kappa shape index (κ3) is 3.24. The quantitative estimate of drug-likeness (QED) is 0.794. The lowest BCUT2D eigenvalue weighted by molar-refractivity contribution is 0.406. The second-order valence-electron chi connectivity index (χ2n) is 3.91. The fourth-order valence-electron chi connectivity index (χ4n) is 1.65. The summed E-state index contributed by atoms with van der Waals surface area (Å²) in [5.74, 6) is 0.808. The molecule has 1 aliphatic heterocycles. The second-order valence-corrected chi connectivity index (χ2v) is 11.0. The lowest BCUT2D eigenvalue weighted by Gasteiger charge is -2.32. The summed E-state index contributed by atoms with van der Waals surface area (Å²) in [6, 6.07) is 0. The summed E-state index contributed by atoms with van der Waals surface area (Å²) < 4.78 is 49.4. The smallest absolute Gasteiger partial charge is 0.232 e. The number of aromatic nitrogens is 1. The van der Waals surface area contributed by atoms with Gasteiger partial charge < -0.3 is 0 Å². The molecule has 1 atom stereocenters. The van der Waals surface area contributed by atoms with E-state index in [1.807, 2.05) is 0 Å². The molecule has 11 heteroatoms. The van der Waals surface area contributed by atoms with Gasteiger partial charge in [0.25, 0.3) is 10.0 Å². The van der Waals surface area contributed by atoms with E-state index >= 15 is 0 Å². The zero-order valence-corrected chi connectivity index (χ0v) is 13.8. The van der Waals surface area contributed by atoms with E-state index in [9.17, 15) is 16.8 Å². The van der Waals surface area contributed by atoms with Gasteiger partial charge in [-0.25, -0.2) is 21.8 Å². The summed E-state index contributed by atoms with van der Waals surface area (Å²) in [4.78, 5) is 3.69. The highest BCUT2D eigenvalue weighted by atomic mass is 35.5. The second kappa shape index (κ2) is 5.49. The molecular formula is C8H11ClN2O4S4. The summed E-state index contributed by atoms with van der Waals surface area (Å²) in [6.45, 7) is 0.167.